The minimum absolute atomic E-state index is 0.326. The van der Waals surface area contributed by atoms with Crippen LogP contribution in [-0.4, -0.2) is 32.8 Å². The van der Waals surface area contributed by atoms with Gasteiger partial charge >= 0.3 is 5.63 Å². The SMILES string of the molecule is COc1ccccc1-c1cc2ccc(N3CCNC(C)C3)cc2c(=O)o1. The first-order valence-corrected chi connectivity index (χ1v) is 8.85. The van der Waals surface area contributed by atoms with Crippen LogP contribution in [0.4, 0.5) is 5.69 Å². The highest BCUT2D eigenvalue weighted by molar-refractivity contribution is 5.87. The maximum absolute atomic E-state index is 12.6. The van der Waals surface area contributed by atoms with E-state index in [1.165, 1.54) is 0 Å². The highest BCUT2D eigenvalue weighted by Gasteiger charge is 2.17. The number of nitrogens with zero attached hydrogens (tertiary/aromatic N) is 1. The Morgan fingerprint density at radius 1 is 1.19 bits per heavy atom. The van der Waals surface area contributed by atoms with Gasteiger partial charge in [-0.25, -0.2) is 4.79 Å². The van der Waals surface area contributed by atoms with Crippen LogP contribution in [0.1, 0.15) is 6.92 Å². The Balaban J connectivity index is 1.77. The largest absolute Gasteiger partial charge is 0.496 e. The molecule has 0 bridgehead atoms. The van der Waals surface area contributed by atoms with Crippen LogP contribution in [0.2, 0.25) is 0 Å². The molecule has 3 aromatic rings. The van der Waals surface area contributed by atoms with Crippen molar-refractivity contribution in [2.75, 3.05) is 31.6 Å². The van der Waals surface area contributed by atoms with Crippen LogP contribution in [0, 0.1) is 0 Å². The van der Waals surface area contributed by atoms with E-state index in [2.05, 4.69) is 23.2 Å². The summed E-state index contributed by atoms with van der Waals surface area (Å²) in [6.07, 6.45) is 0. The molecule has 1 aliphatic heterocycles. The zero-order chi connectivity index (χ0) is 18.1. The lowest BCUT2D eigenvalue weighted by Gasteiger charge is -2.33. The van der Waals surface area contributed by atoms with Crippen molar-refractivity contribution in [2.45, 2.75) is 13.0 Å². The summed E-state index contributed by atoms with van der Waals surface area (Å²) in [5, 5.41) is 4.91. The van der Waals surface area contributed by atoms with Crippen LogP contribution in [0.5, 0.6) is 5.75 Å². The van der Waals surface area contributed by atoms with Gasteiger partial charge in [0.25, 0.3) is 0 Å². The zero-order valence-electron chi connectivity index (χ0n) is 15.0. The van der Waals surface area contributed by atoms with Gasteiger partial charge in [0.1, 0.15) is 11.5 Å². The molecular weight excluding hydrogens is 328 g/mol. The van der Waals surface area contributed by atoms with Gasteiger partial charge in [0, 0.05) is 31.4 Å². The minimum atomic E-state index is -0.326. The molecule has 2 aromatic carbocycles. The summed E-state index contributed by atoms with van der Waals surface area (Å²) in [7, 11) is 1.61. The van der Waals surface area contributed by atoms with E-state index in [-0.39, 0.29) is 5.63 Å². The third kappa shape index (κ3) is 3.06. The molecule has 26 heavy (non-hydrogen) atoms. The highest BCUT2D eigenvalue weighted by atomic mass is 16.5. The maximum Gasteiger partial charge on any atom is 0.344 e. The molecule has 4 rings (SSSR count). The van der Waals surface area contributed by atoms with Gasteiger partial charge < -0.3 is 19.4 Å². The van der Waals surface area contributed by atoms with Crippen molar-refractivity contribution in [2.24, 2.45) is 0 Å². The molecule has 0 saturated carbocycles. The van der Waals surface area contributed by atoms with E-state index in [1.54, 1.807) is 7.11 Å². The van der Waals surface area contributed by atoms with E-state index in [9.17, 15) is 4.79 Å². The van der Waals surface area contributed by atoms with E-state index in [0.29, 0.717) is 22.9 Å². The highest BCUT2D eigenvalue weighted by Crippen LogP contribution is 2.31. The molecule has 1 atom stereocenters. The molecule has 0 spiro atoms. The third-order valence-corrected chi connectivity index (χ3v) is 4.85. The van der Waals surface area contributed by atoms with Crippen molar-refractivity contribution in [3.63, 3.8) is 0 Å². The van der Waals surface area contributed by atoms with Gasteiger partial charge in [0.05, 0.1) is 18.1 Å². The first kappa shape index (κ1) is 16.7. The fourth-order valence-electron chi connectivity index (χ4n) is 3.52. The Morgan fingerprint density at radius 2 is 2.04 bits per heavy atom. The third-order valence-electron chi connectivity index (χ3n) is 4.85. The number of ether oxygens (including phenoxy) is 1. The topological polar surface area (TPSA) is 54.7 Å². The quantitative estimate of drug-likeness (QED) is 0.786. The number of hydrogen-bond acceptors (Lipinski definition) is 5. The van der Waals surface area contributed by atoms with Crippen molar-refractivity contribution < 1.29 is 9.15 Å². The average molecular weight is 350 g/mol. The predicted molar refractivity (Wildman–Crippen MR) is 104 cm³/mol. The average Bonchev–Trinajstić information content (AvgIpc) is 2.67. The molecule has 0 radical (unpaired) electrons. The van der Waals surface area contributed by atoms with Crippen molar-refractivity contribution in [1.82, 2.24) is 5.32 Å². The molecule has 2 heterocycles. The lowest BCUT2D eigenvalue weighted by atomic mass is 10.1. The molecule has 5 nitrogen and oxygen atoms in total. The van der Waals surface area contributed by atoms with Crippen LogP contribution in [0.25, 0.3) is 22.1 Å². The molecule has 1 aromatic heterocycles. The van der Waals surface area contributed by atoms with E-state index in [0.717, 1.165) is 36.3 Å². The van der Waals surface area contributed by atoms with Gasteiger partial charge in [0.2, 0.25) is 0 Å². The number of benzene rings is 2. The van der Waals surface area contributed by atoms with Crippen molar-refractivity contribution in [1.29, 1.82) is 0 Å². The van der Waals surface area contributed by atoms with Gasteiger partial charge in [-0.15, -0.1) is 0 Å². The number of anilines is 1. The number of para-hydroxylation sites is 1. The molecule has 0 amide bonds. The summed E-state index contributed by atoms with van der Waals surface area (Å²) >= 11 is 0. The standard InChI is InChI=1S/C21H22N2O3/c1-14-13-23(10-9-22-14)16-8-7-15-11-20(26-21(24)18(15)12-16)17-5-3-4-6-19(17)25-2/h3-8,11-12,14,22H,9-10,13H2,1-2H3. The van der Waals surface area contributed by atoms with E-state index >= 15 is 0 Å². The maximum atomic E-state index is 12.6. The summed E-state index contributed by atoms with van der Waals surface area (Å²) < 4.78 is 11.0. The summed E-state index contributed by atoms with van der Waals surface area (Å²) in [5.74, 6) is 1.20. The molecule has 1 aliphatic rings. The fraction of sp³-hybridized carbons (Fsp3) is 0.286. The Morgan fingerprint density at radius 3 is 2.85 bits per heavy atom. The lowest BCUT2D eigenvalue weighted by molar-refractivity contribution is 0.414. The van der Waals surface area contributed by atoms with Gasteiger partial charge in [0.15, 0.2) is 0 Å². The first-order valence-electron chi connectivity index (χ1n) is 8.85. The minimum Gasteiger partial charge on any atom is -0.496 e. The number of nitrogens with one attached hydrogen (secondary N) is 1. The smallest absolute Gasteiger partial charge is 0.344 e. The van der Waals surface area contributed by atoms with Gasteiger partial charge in [-0.1, -0.05) is 18.2 Å². The molecule has 0 aliphatic carbocycles. The molecule has 1 fully saturated rings. The number of hydrogen-bond donors (Lipinski definition) is 1. The Labute approximate surface area is 152 Å². The second kappa shape index (κ2) is 6.84. The first-order chi connectivity index (χ1) is 12.7. The van der Waals surface area contributed by atoms with Gasteiger partial charge in [-0.2, -0.15) is 0 Å². The van der Waals surface area contributed by atoms with Crippen LogP contribution in [-0.2, 0) is 0 Å². The number of methoxy groups -OCH3 is 1. The molecule has 1 N–H and O–H groups in total. The predicted octanol–water partition coefficient (Wildman–Crippen LogP) is 3.27. The van der Waals surface area contributed by atoms with Crippen LogP contribution in [0.3, 0.4) is 0 Å². The number of rotatable bonds is 3. The summed E-state index contributed by atoms with van der Waals surface area (Å²) in [4.78, 5) is 14.9. The lowest BCUT2D eigenvalue weighted by Crippen LogP contribution is -2.49. The summed E-state index contributed by atoms with van der Waals surface area (Å²) in [6, 6.07) is 15.9. The van der Waals surface area contributed by atoms with E-state index in [1.807, 2.05) is 42.5 Å². The van der Waals surface area contributed by atoms with Crippen molar-refractivity contribution in [3.05, 3.63) is 59.0 Å². The van der Waals surface area contributed by atoms with E-state index < -0.39 is 0 Å². The van der Waals surface area contributed by atoms with Crippen molar-refractivity contribution in [3.8, 4) is 17.1 Å². The second-order valence-corrected chi connectivity index (χ2v) is 6.67. The van der Waals surface area contributed by atoms with Crippen molar-refractivity contribution >= 4 is 16.5 Å². The molecular formula is C21H22N2O3. The van der Waals surface area contributed by atoms with E-state index in [4.69, 9.17) is 9.15 Å². The Hall–Kier alpha value is -2.79. The normalized spacial score (nSPS) is 17.5. The number of fused-ring (bicyclic) bond motifs is 1. The Bertz CT molecular complexity index is 996. The number of piperazine rings is 1. The fourth-order valence-corrected chi connectivity index (χ4v) is 3.52. The summed E-state index contributed by atoms with van der Waals surface area (Å²) in [6.45, 7) is 4.97. The molecule has 1 unspecified atom stereocenters. The molecule has 134 valence electrons. The Kier molecular flexibility index (Phi) is 4.39. The van der Waals surface area contributed by atoms with Gasteiger partial charge in [-0.05, 0) is 42.6 Å². The van der Waals surface area contributed by atoms with Crippen LogP contribution < -0.4 is 20.6 Å². The summed E-state index contributed by atoms with van der Waals surface area (Å²) in [5.41, 5.74) is 1.51. The van der Waals surface area contributed by atoms with Crippen LogP contribution >= 0.6 is 0 Å². The second-order valence-electron chi connectivity index (χ2n) is 6.67. The molecule has 1 saturated heterocycles. The monoisotopic (exact) mass is 350 g/mol. The van der Waals surface area contributed by atoms with Crippen LogP contribution in [0.15, 0.2) is 57.7 Å². The zero-order valence-corrected chi connectivity index (χ0v) is 15.0. The van der Waals surface area contributed by atoms with Gasteiger partial charge in [-0.3, -0.25) is 0 Å². The molecule has 5 heteroatoms.